The minimum atomic E-state index is -0.548. The number of carbonyl (C=O) groups excluding carboxylic acids is 1. The summed E-state index contributed by atoms with van der Waals surface area (Å²) in [5.41, 5.74) is 5.67. The summed E-state index contributed by atoms with van der Waals surface area (Å²) >= 11 is 0. The largest absolute Gasteiger partial charge is 0.507 e. The summed E-state index contributed by atoms with van der Waals surface area (Å²) in [6.07, 6.45) is 1.84. The quantitative estimate of drug-likeness (QED) is 0.870. The van der Waals surface area contributed by atoms with Crippen LogP contribution >= 0.6 is 0 Å². The van der Waals surface area contributed by atoms with Gasteiger partial charge in [0.1, 0.15) is 11.6 Å². The van der Waals surface area contributed by atoms with Gasteiger partial charge in [-0.2, -0.15) is 0 Å². The molecule has 0 bridgehead atoms. The van der Waals surface area contributed by atoms with E-state index in [2.05, 4.69) is 4.90 Å². The van der Waals surface area contributed by atoms with Crippen molar-refractivity contribution in [3.05, 3.63) is 29.6 Å². The predicted molar refractivity (Wildman–Crippen MR) is 78.7 cm³/mol. The average molecular weight is 295 g/mol. The molecule has 1 aromatic rings. The molecule has 6 heteroatoms. The molecule has 1 heterocycles. The Labute approximate surface area is 124 Å². The Balaban J connectivity index is 1.99. The van der Waals surface area contributed by atoms with Gasteiger partial charge in [-0.1, -0.05) is 0 Å². The van der Waals surface area contributed by atoms with Crippen LogP contribution in [0.3, 0.4) is 0 Å². The second-order valence-electron chi connectivity index (χ2n) is 5.29. The summed E-state index contributed by atoms with van der Waals surface area (Å²) in [5, 5.41) is 9.72. The first-order valence-electron chi connectivity index (χ1n) is 7.32. The first-order valence-corrected chi connectivity index (χ1v) is 7.32. The zero-order valence-corrected chi connectivity index (χ0v) is 12.1. The van der Waals surface area contributed by atoms with Gasteiger partial charge in [0.15, 0.2) is 0 Å². The van der Waals surface area contributed by atoms with Gasteiger partial charge in [0.05, 0.1) is 5.56 Å². The van der Waals surface area contributed by atoms with E-state index in [1.807, 2.05) is 0 Å². The highest BCUT2D eigenvalue weighted by molar-refractivity contribution is 5.96. The molecule has 0 atom stereocenters. The molecule has 1 fully saturated rings. The summed E-state index contributed by atoms with van der Waals surface area (Å²) in [7, 11) is 0. The number of hydrogen-bond acceptors (Lipinski definition) is 4. The highest BCUT2D eigenvalue weighted by atomic mass is 19.1. The van der Waals surface area contributed by atoms with Crippen LogP contribution in [0, 0.1) is 5.82 Å². The van der Waals surface area contributed by atoms with Crippen molar-refractivity contribution in [3.63, 3.8) is 0 Å². The minimum Gasteiger partial charge on any atom is -0.507 e. The van der Waals surface area contributed by atoms with Crippen LogP contribution in [0.4, 0.5) is 4.39 Å². The van der Waals surface area contributed by atoms with Crippen LogP contribution in [0.25, 0.3) is 0 Å². The Bertz CT molecular complexity index is 496. The summed E-state index contributed by atoms with van der Waals surface area (Å²) in [4.78, 5) is 16.4. The van der Waals surface area contributed by atoms with E-state index in [9.17, 15) is 14.3 Å². The minimum absolute atomic E-state index is 0.159. The maximum Gasteiger partial charge on any atom is 0.257 e. The van der Waals surface area contributed by atoms with E-state index in [-0.39, 0.29) is 17.2 Å². The highest BCUT2D eigenvalue weighted by Crippen LogP contribution is 2.20. The van der Waals surface area contributed by atoms with Crippen molar-refractivity contribution in [2.45, 2.75) is 12.8 Å². The van der Waals surface area contributed by atoms with Crippen molar-refractivity contribution in [3.8, 4) is 5.75 Å². The van der Waals surface area contributed by atoms with E-state index in [1.165, 1.54) is 12.1 Å². The third kappa shape index (κ3) is 4.15. The van der Waals surface area contributed by atoms with E-state index in [0.29, 0.717) is 19.6 Å². The van der Waals surface area contributed by atoms with Crippen LogP contribution in [0.2, 0.25) is 0 Å². The average Bonchev–Trinajstić information content (AvgIpc) is 2.70. The number of nitrogens with two attached hydrogens (primary N) is 1. The van der Waals surface area contributed by atoms with Gasteiger partial charge in [-0.25, -0.2) is 4.39 Å². The van der Waals surface area contributed by atoms with Crippen molar-refractivity contribution < 1.29 is 14.3 Å². The number of amides is 1. The predicted octanol–water partition coefficient (Wildman–Crippen LogP) is 1.03. The van der Waals surface area contributed by atoms with Crippen molar-refractivity contribution in [1.29, 1.82) is 0 Å². The summed E-state index contributed by atoms with van der Waals surface area (Å²) in [6, 6.07) is 3.50. The number of halogens is 1. The van der Waals surface area contributed by atoms with Gasteiger partial charge in [-0.3, -0.25) is 4.79 Å². The van der Waals surface area contributed by atoms with E-state index in [0.717, 1.165) is 38.5 Å². The van der Waals surface area contributed by atoms with Crippen LogP contribution in [-0.2, 0) is 0 Å². The molecule has 0 unspecified atom stereocenters. The molecule has 2 rings (SSSR count). The zero-order valence-electron chi connectivity index (χ0n) is 12.1. The van der Waals surface area contributed by atoms with Gasteiger partial charge in [-0.15, -0.1) is 0 Å². The first kappa shape index (κ1) is 15.7. The molecule has 0 aliphatic carbocycles. The Morgan fingerprint density at radius 1 is 1.29 bits per heavy atom. The molecule has 1 amide bonds. The molecule has 0 radical (unpaired) electrons. The number of nitrogens with zero attached hydrogens (tertiary/aromatic N) is 2. The summed E-state index contributed by atoms with van der Waals surface area (Å²) in [6.45, 7) is 4.62. The number of aromatic hydroxyl groups is 1. The molecule has 0 spiro atoms. The van der Waals surface area contributed by atoms with Crippen LogP contribution in [0.5, 0.6) is 5.75 Å². The second-order valence-corrected chi connectivity index (χ2v) is 5.29. The maximum absolute atomic E-state index is 13.0. The lowest BCUT2D eigenvalue weighted by Gasteiger charge is -2.22. The lowest BCUT2D eigenvalue weighted by Crippen LogP contribution is -2.35. The molecule has 21 heavy (non-hydrogen) atoms. The Hall–Kier alpha value is -1.66. The van der Waals surface area contributed by atoms with E-state index in [1.54, 1.807) is 4.90 Å². The standard InChI is InChI=1S/C15H22FN3O2/c16-12-3-4-13(14(20)11-12)15(21)19-8-2-7-18(9-10-19)6-1-5-17/h3-4,11,20H,1-2,5-10,17H2. The molecular weight excluding hydrogens is 273 g/mol. The van der Waals surface area contributed by atoms with Crippen molar-refractivity contribution in [2.75, 3.05) is 39.3 Å². The Kier molecular flexibility index (Phi) is 5.52. The van der Waals surface area contributed by atoms with E-state index >= 15 is 0 Å². The van der Waals surface area contributed by atoms with Gasteiger partial charge < -0.3 is 20.6 Å². The fourth-order valence-corrected chi connectivity index (χ4v) is 2.57. The fourth-order valence-electron chi connectivity index (χ4n) is 2.57. The summed E-state index contributed by atoms with van der Waals surface area (Å²) < 4.78 is 13.0. The molecule has 0 saturated carbocycles. The number of benzene rings is 1. The van der Waals surface area contributed by atoms with Crippen LogP contribution < -0.4 is 5.73 Å². The maximum atomic E-state index is 13.0. The van der Waals surface area contributed by atoms with Crippen LogP contribution in [0.15, 0.2) is 18.2 Å². The zero-order chi connectivity index (χ0) is 15.2. The number of phenols is 1. The topological polar surface area (TPSA) is 69.8 Å². The molecule has 116 valence electrons. The third-order valence-corrected chi connectivity index (χ3v) is 3.74. The molecule has 1 aliphatic heterocycles. The van der Waals surface area contributed by atoms with Gasteiger partial charge in [0.2, 0.25) is 0 Å². The van der Waals surface area contributed by atoms with Crippen molar-refractivity contribution in [2.24, 2.45) is 5.73 Å². The smallest absolute Gasteiger partial charge is 0.257 e. The van der Waals surface area contributed by atoms with Gasteiger partial charge in [0, 0.05) is 25.7 Å². The number of rotatable bonds is 4. The highest BCUT2D eigenvalue weighted by Gasteiger charge is 2.22. The number of phenolic OH excluding ortho intramolecular Hbond substituents is 1. The van der Waals surface area contributed by atoms with Crippen LogP contribution in [-0.4, -0.2) is 60.1 Å². The molecule has 5 nitrogen and oxygen atoms in total. The molecule has 1 saturated heterocycles. The molecule has 3 N–H and O–H groups in total. The second kappa shape index (κ2) is 7.38. The van der Waals surface area contributed by atoms with E-state index in [4.69, 9.17) is 5.73 Å². The lowest BCUT2D eigenvalue weighted by molar-refractivity contribution is 0.0758. The first-order chi connectivity index (χ1) is 10.1. The monoisotopic (exact) mass is 295 g/mol. The molecule has 0 aromatic heterocycles. The van der Waals surface area contributed by atoms with Crippen molar-refractivity contribution >= 4 is 5.91 Å². The number of hydrogen-bond donors (Lipinski definition) is 2. The number of carbonyl (C=O) groups is 1. The third-order valence-electron chi connectivity index (χ3n) is 3.74. The molecule has 1 aliphatic rings. The normalized spacial score (nSPS) is 16.8. The molecule has 1 aromatic carbocycles. The van der Waals surface area contributed by atoms with Gasteiger partial charge in [-0.05, 0) is 44.6 Å². The fraction of sp³-hybridized carbons (Fsp3) is 0.533. The van der Waals surface area contributed by atoms with Crippen molar-refractivity contribution in [1.82, 2.24) is 9.80 Å². The SMILES string of the molecule is NCCCN1CCCN(C(=O)c2ccc(F)cc2O)CC1. The van der Waals surface area contributed by atoms with Gasteiger partial charge >= 0.3 is 0 Å². The van der Waals surface area contributed by atoms with Gasteiger partial charge in [0.25, 0.3) is 5.91 Å². The lowest BCUT2D eigenvalue weighted by atomic mass is 10.1. The van der Waals surface area contributed by atoms with E-state index < -0.39 is 5.82 Å². The van der Waals surface area contributed by atoms with Crippen LogP contribution in [0.1, 0.15) is 23.2 Å². The molecular formula is C15H22FN3O2. The summed E-state index contributed by atoms with van der Waals surface area (Å²) in [5.74, 6) is -1.09. The Morgan fingerprint density at radius 3 is 2.81 bits per heavy atom. The Morgan fingerprint density at radius 2 is 2.10 bits per heavy atom.